The van der Waals surface area contributed by atoms with Gasteiger partial charge < -0.3 is 21.3 Å². The Kier molecular flexibility index (Phi) is 3.50. The number of anilines is 2. The second kappa shape index (κ2) is 5.11. The molecule has 2 aromatic rings. The van der Waals surface area contributed by atoms with E-state index in [1.807, 2.05) is 6.07 Å². The molecule has 8 heteroatoms. The number of nitriles is 1. The number of benzene rings is 1. The summed E-state index contributed by atoms with van der Waals surface area (Å²) in [6.45, 7) is 0. The standard InChI is InChI=1S/C12H10ClN5O2/c1-20-9-2-5(7(13)3-8(9)19)10-6(4-14)11(15)18-12(16)17-10/h2-3,19H,1H3,(H4,15,16,17,18). The smallest absolute Gasteiger partial charge is 0.222 e. The zero-order valence-electron chi connectivity index (χ0n) is 10.4. The predicted octanol–water partition coefficient (Wildman–Crippen LogP) is 1.55. The highest BCUT2D eigenvalue weighted by Crippen LogP contribution is 2.38. The fraction of sp³-hybridized carbons (Fsp3) is 0.0833. The minimum absolute atomic E-state index is 0.0434. The van der Waals surface area contributed by atoms with E-state index >= 15 is 0 Å². The first-order chi connectivity index (χ1) is 9.47. The number of methoxy groups -OCH3 is 1. The first kappa shape index (κ1) is 13.7. The Morgan fingerprint density at radius 3 is 2.65 bits per heavy atom. The summed E-state index contributed by atoms with van der Waals surface area (Å²) in [7, 11) is 1.39. The van der Waals surface area contributed by atoms with Gasteiger partial charge in [-0.2, -0.15) is 10.2 Å². The molecule has 0 aliphatic heterocycles. The average molecular weight is 292 g/mol. The van der Waals surface area contributed by atoms with Crippen molar-refractivity contribution in [2.75, 3.05) is 18.6 Å². The van der Waals surface area contributed by atoms with Gasteiger partial charge in [-0.3, -0.25) is 0 Å². The lowest BCUT2D eigenvalue weighted by Gasteiger charge is -2.11. The highest BCUT2D eigenvalue weighted by atomic mass is 35.5. The number of rotatable bonds is 2. The topological polar surface area (TPSA) is 131 Å². The summed E-state index contributed by atoms with van der Waals surface area (Å²) in [5.41, 5.74) is 11.8. The molecule has 0 aliphatic carbocycles. The van der Waals surface area contributed by atoms with Crippen LogP contribution in [0.1, 0.15) is 5.56 Å². The highest BCUT2D eigenvalue weighted by molar-refractivity contribution is 6.33. The van der Waals surface area contributed by atoms with Crippen LogP contribution in [0.4, 0.5) is 11.8 Å². The third kappa shape index (κ3) is 2.24. The van der Waals surface area contributed by atoms with Crippen molar-refractivity contribution < 1.29 is 9.84 Å². The zero-order chi connectivity index (χ0) is 14.9. The number of phenols is 1. The van der Waals surface area contributed by atoms with E-state index in [2.05, 4.69) is 9.97 Å². The van der Waals surface area contributed by atoms with Crippen LogP contribution in [0, 0.1) is 11.3 Å². The van der Waals surface area contributed by atoms with Gasteiger partial charge in [0.25, 0.3) is 0 Å². The lowest BCUT2D eigenvalue weighted by atomic mass is 10.1. The fourth-order valence-electron chi connectivity index (χ4n) is 1.69. The second-order valence-corrected chi connectivity index (χ2v) is 4.21. The van der Waals surface area contributed by atoms with Crippen molar-refractivity contribution in [3.8, 4) is 28.8 Å². The number of halogens is 1. The van der Waals surface area contributed by atoms with Gasteiger partial charge in [0.1, 0.15) is 17.5 Å². The number of ether oxygens (including phenoxy) is 1. The van der Waals surface area contributed by atoms with Crippen molar-refractivity contribution in [2.45, 2.75) is 0 Å². The molecule has 0 amide bonds. The van der Waals surface area contributed by atoms with Crippen molar-refractivity contribution in [3.63, 3.8) is 0 Å². The van der Waals surface area contributed by atoms with Crippen LogP contribution in [0.2, 0.25) is 5.02 Å². The Hall–Kier alpha value is -2.72. The summed E-state index contributed by atoms with van der Waals surface area (Å²) >= 11 is 6.06. The van der Waals surface area contributed by atoms with E-state index in [-0.39, 0.29) is 39.5 Å². The normalized spacial score (nSPS) is 10.1. The maximum Gasteiger partial charge on any atom is 0.222 e. The molecule has 102 valence electrons. The molecule has 2 rings (SSSR count). The molecule has 0 fully saturated rings. The van der Waals surface area contributed by atoms with Crippen molar-refractivity contribution in [1.82, 2.24) is 9.97 Å². The van der Waals surface area contributed by atoms with Crippen LogP contribution in [0.3, 0.4) is 0 Å². The first-order valence-corrected chi connectivity index (χ1v) is 5.75. The van der Waals surface area contributed by atoms with Crippen LogP contribution in [0.5, 0.6) is 11.5 Å². The highest BCUT2D eigenvalue weighted by Gasteiger charge is 2.18. The summed E-state index contributed by atoms with van der Waals surface area (Å²) in [6, 6.07) is 4.63. The molecule has 1 aromatic carbocycles. The number of hydrogen-bond donors (Lipinski definition) is 3. The van der Waals surface area contributed by atoms with E-state index in [0.29, 0.717) is 5.56 Å². The number of nitrogen functional groups attached to an aromatic ring is 2. The number of hydrogen-bond acceptors (Lipinski definition) is 7. The Bertz CT molecular complexity index is 727. The van der Waals surface area contributed by atoms with Crippen LogP contribution in [-0.2, 0) is 0 Å². The van der Waals surface area contributed by atoms with Gasteiger partial charge in [0.2, 0.25) is 5.95 Å². The molecule has 0 aliphatic rings. The summed E-state index contributed by atoms with van der Waals surface area (Å²) in [5, 5.41) is 19.0. The summed E-state index contributed by atoms with van der Waals surface area (Å²) < 4.78 is 5.00. The van der Waals surface area contributed by atoms with Crippen LogP contribution >= 0.6 is 11.6 Å². The van der Waals surface area contributed by atoms with Crippen molar-refractivity contribution in [2.24, 2.45) is 0 Å². The predicted molar refractivity (Wildman–Crippen MR) is 74.2 cm³/mol. The largest absolute Gasteiger partial charge is 0.504 e. The monoisotopic (exact) mass is 291 g/mol. The van der Waals surface area contributed by atoms with Gasteiger partial charge in [-0.05, 0) is 6.07 Å². The third-order valence-electron chi connectivity index (χ3n) is 2.59. The Labute approximate surface area is 119 Å². The van der Waals surface area contributed by atoms with Crippen molar-refractivity contribution in [3.05, 3.63) is 22.7 Å². The van der Waals surface area contributed by atoms with Gasteiger partial charge in [-0.1, -0.05) is 11.6 Å². The van der Waals surface area contributed by atoms with Crippen LogP contribution in [-0.4, -0.2) is 22.2 Å². The number of aromatic hydroxyl groups is 1. The first-order valence-electron chi connectivity index (χ1n) is 5.38. The van der Waals surface area contributed by atoms with Crippen molar-refractivity contribution >= 4 is 23.4 Å². The number of phenolic OH excluding ortho intramolecular Hbond substituents is 1. The molecule has 0 radical (unpaired) electrons. The van der Waals surface area contributed by atoms with E-state index in [1.54, 1.807) is 0 Å². The second-order valence-electron chi connectivity index (χ2n) is 3.81. The SMILES string of the molecule is COc1cc(-c2nc(N)nc(N)c2C#N)c(Cl)cc1O. The van der Waals surface area contributed by atoms with Crippen molar-refractivity contribution in [1.29, 1.82) is 5.26 Å². The van der Waals surface area contributed by atoms with E-state index in [0.717, 1.165) is 0 Å². The molecule has 1 aromatic heterocycles. The quantitative estimate of drug-likeness (QED) is 0.764. The molecule has 0 saturated carbocycles. The Morgan fingerprint density at radius 1 is 1.35 bits per heavy atom. The average Bonchev–Trinajstić information content (AvgIpc) is 2.38. The molecule has 0 bridgehead atoms. The minimum Gasteiger partial charge on any atom is -0.504 e. The molecular weight excluding hydrogens is 282 g/mol. The molecule has 1 heterocycles. The van der Waals surface area contributed by atoms with Crippen LogP contribution < -0.4 is 16.2 Å². The maximum absolute atomic E-state index is 9.64. The van der Waals surface area contributed by atoms with E-state index in [4.69, 9.17) is 33.1 Å². The molecule has 5 N–H and O–H groups in total. The molecular formula is C12H10ClN5O2. The van der Waals surface area contributed by atoms with Gasteiger partial charge in [0.15, 0.2) is 11.5 Å². The molecule has 7 nitrogen and oxygen atoms in total. The van der Waals surface area contributed by atoms with E-state index in [1.165, 1.54) is 19.2 Å². The molecule has 0 atom stereocenters. The fourth-order valence-corrected chi connectivity index (χ4v) is 1.94. The molecule has 0 spiro atoms. The van der Waals surface area contributed by atoms with Gasteiger partial charge in [-0.15, -0.1) is 0 Å². The van der Waals surface area contributed by atoms with E-state index < -0.39 is 0 Å². The zero-order valence-corrected chi connectivity index (χ0v) is 11.1. The third-order valence-corrected chi connectivity index (χ3v) is 2.90. The number of nitrogens with zero attached hydrogens (tertiary/aromatic N) is 3. The number of nitrogens with two attached hydrogens (primary N) is 2. The summed E-state index contributed by atoms with van der Waals surface area (Å²) in [4.78, 5) is 7.70. The van der Waals surface area contributed by atoms with Gasteiger partial charge in [0, 0.05) is 11.6 Å². The van der Waals surface area contributed by atoms with E-state index in [9.17, 15) is 5.11 Å². The van der Waals surface area contributed by atoms with Gasteiger partial charge in [0.05, 0.1) is 17.8 Å². The molecule has 0 unspecified atom stereocenters. The summed E-state index contributed by atoms with van der Waals surface area (Å²) in [6.07, 6.45) is 0. The van der Waals surface area contributed by atoms with Gasteiger partial charge >= 0.3 is 0 Å². The Balaban J connectivity index is 2.78. The lowest BCUT2D eigenvalue weighted by molar-refractivity contribution is 0.373. The molecule has 20 heavy (non-hydrogen) atoms. The summed E-state index contributed by atoms with van der Waals surface area (Å²) in [5.74, 6) is -0.0727. The lowest BCUT2D eigenvalue weighted by Crippen LogP contribution is -2.05. The minimum atomic E-state index is -0.130. The Morgan fingerprint density at radius 2 is 2.05 bits per heavy atom. The van der Waals surface area contributed by atoms with Crippen LogP contribution in [0.25, 0.3) is 11.3 Å². The van der Waals surface area contributed by atoms with Gasteiger partial charge in [-0.25, -0.2) is 4.98 Å². The van der Waals surface area contributed by atoms with Crippen LogP contribution in [0.15, 0.2) is 12.1 Å². The molecule has 0 saturated heterocycles. The maximum atomic E-state index is 9.64. The number of aromatic nitrogens is 2.